The molecular weight excluding hydrogens is 440 g/mol. The zero-order chi connectivity index (χ0) is 22.0. The quantitative estimate of drug-likeness (QED) is 0.437. The van der Waals surface area contributed by atoms with Crippen LogP contribution in [0.25, 0.3) is 11.1 Å². The summed E-state index contributed by atoms with van der Waals surface area (Å²) in [6.07, 6.45) is 2.45. The lowest BCUT2D eigenvalue weighted by Crippen LogP contribution is -2.04. The second-order valence-electron chi connectivity index (χ2n) is 7.20. The minimum atomic E-state index is -1.17. The Bertz CT molecular complexity index is 1180. The molecule has 0 bridgehead atoms. The highest BCUT2D eigenvalue weighted by Gasteiger charge is 2.23. The Morgan fingerprint density at radius 3 is 2.52 bits per heavy atom. The maximum atomic E-state index is 13.2. The van der Waals surface area contributed by atoms with Crippen LogP contribution in [0.3, 0.4) is 0 Å². The van der Waals surface area contributed by atoms with Crippen molar-refractivity contribution in [2.75, 3.05) is 0 Å². The molecule has 158 valence electrons. The molecule has 4 nitrogen and oxygen atoms in total. The van der Waals surface area contributed by atoms with Crippen molar-refractivity contribution >= 4 is 40.3 Å². The maximum Gasteiger partial charge on any atom is 0.356 e. The molecule has 1 aliphatic rings. The number of allylic oxidation sites excluding steroid dienone is 2. The molecule has 0 saturated carbocycles. The third kappa shape index (κ3) is 4.73. The fourth-order valence-corrected chi connectivity index (χ4v) is 4.05. The Kier molecular flexibility index (Phi) is 6.25. The molecule has 0 amide bonds. The van der Waals surface area contributed by atoms with Gasteiger partial charge in [-0.15, -0.1) is 0 Å². The number of carboxylic acids is 1. The number of aromatic carboxylic acids is 1. The van der Waals surface area contributed by atoms with Crippen LogP contribution < -0.4 is 4.74 Å². The number of hydrogen-bond donors (Lipinski definition) is 1. The first-order valence-electron chi connectivity index (χ1n) is 9.72. The summed E-state index contributed by atoms with van der Waals surface area (Å²) in [4.78, 5) is 15.7. The van der Waals surface area contributed by atoms with Gasteiger partial charge in [0.2, 0.25) is 0 Å². The van der Waals surface area contributed by atoms with Crippen molar-refractivity contribution in [2.45, 2.75) is 25.9 Å². The first-order valence-corrected chi connectivity index (χ1v) is 10.5. The van der Waals surface area contributed by atoms with E-state index in [9.17, 15) is 14.3 Å². The highest BCUT2D eigenvalue weighted by atomic mass is 35.5. The van der Waals surface area contributed by atoms with E-state index in [1.54, 1.807) is 30.3 Å². The van der Waals surface area contributed by atoms with Gasteiger partial charge >= 0.3 is 5.97 Å². The Morgan fingerprint density at radius 1 is 1.03 bits per heavy atom. The van der Waals surface area contributed by atoms with Gasteiger partial charge in [-0.1, -0.05) is 35.3 Å². The monoisotopic (exact) mass is 457 g/mol. The molecule has 3 aromatic rings. The van der Waals surface area contributed by atoms with Gasteiger partial charge in [0.25, 0.3) is 0 Å². The standard InChI is InChI=1S/C24H18Cl2FNO3/c25-15-6-11-22(31-13-14-4-7-16(27)8-5-14)19(12-15)17-2-1-3-18(17)21-10-9-20(26)23(28-21)24(29)30/h4-12H,1-3,13H2,(H,29,30). The largest absolute Gasteiger partial charge is 0.488 e. The summed E-state index contributed by atoms with van der Waals surface area (Å²) in [5, 5.41) is 10.0. The summed E-state index contributed by atoms with van der Waals surface area (Å²) in [6.45, 7) is 0.278. The normalized spacial score (nSPS) is 13.5. The Hall–Kier alpha value is -2.89. The van der Waals surface area contributed by atoms with Gasteiger partial charge in [-0.05, 0) is 78.4 Å². The Morgan fingerprint density at radius 2 is 1.77 bits per heavy atom. The lowest BCUT2D eigenvalue weighted by atomic mass is 9.98. The third-order valence-electron chi connectivity index (χ3n) is 5.15. The van der Waals surface area contributed by atoms with E-state index in [-0.39, 0.29) is 23.1 Å². The van der Waals surface area contributed by atoms with Gasteiger partial charge in [0.1, 0.15) is 18.2 Å². The molecule has 1 aromatic heterocycles. The van der Waals surface area contributed by atoms with Crippen LogP contribution >= 0.6 is 23.2 Å². The molecule has 0 saturated heterocycles. The van der Waals surface area contributed by atoms with Gasteiger partial charge in [0, 0.05) is 10.6 Å². The van der Waals surface area contributed by atoms with Crippen molar-refractivity contribution < 1.29 is 19.0 Å². The van der Waals surface area contributed by atoms with Crippen molar-refractivity contribution in [3.05, 3.63) is 93.0 Å². The van der Waals surface area contributed by atoms with Crippen LogP contribution in [0.5, 0.6) is 5.75 Å². The summed E-state index contributed by atoms with van der Waals surface area (Å²) in [7, 11) is 0. The highest BCUT2D eigenvalue weighted by molar-refractivity contribution is 6.33. The summed E-state index contributed by atoms with van der Waals surface area (Å²) in [6, 6.07) is 14.8. The summed E-state index contributed by atoms with van der Waals surface area (Å²) >= 11 is 12.3. The van der Waals surface area contributed by atoms with Crippen molar-refractivity contribution in [3.8, 4) is 5.75 Å². The highest BCUT2D eigenvalue weighted by Crippen LogP contribution is 2.43. The van der Waals surface area contributed by atoms with Crippen LogP contribution in [0, 0.1) is 5.82 Å². The van der Waals surface area contributed by atoms with E-state index in [0.29, 0.717) is 16.5 Å². The van der Waals surface area contributed by atoms with Gasteiger partial charge in [0.05, 0.1) is 10.7 Å². The van der Waals surface area contributed by atoms with E-state index >= 15 is 0 Å². The number of halogens is 3. The zero-order valence-electron chi connectivity index (χ0n) is 16.4. The van der Waals surface area contributed by atoms with Crippen molar-refractivity contribution in [1.29, 1.82) is 0 Å². The number of pyridine rings is 1. The predicted octanol–water partition coefficient (Wildman–Crippen LogP) is 6.90. The van der Waals surface area contributed by atoms with Crippen molar-refractivity contribution in [2.24, 2.45) is 0 Å². The number of carboxylic acid groups (broad SMARTS) is 1. The van der Waals surface area contributed by atoms with Crippen molar-refractivity contribution in [1.82, 2.24) is 4.98 Å². The van der Waals surface area contributed by atoms with Gasteiger partial charge in [-0.25, -0.2) is 14.2 Å². The zero-order valence-corrected chi connectivity index (χ0v) is 17.9. The minimum absolute atomic E-state index is 0.0995. The van der Waals surface area contributed by atoms with Crippen LogP contribution in [-0.4, -0.2) is 16.1 Å². The molecule has 7 heteroatoms. The third-order valence-corrected chi connectivity index (χ3v) is 5.69. The molecule has 0 unspecified atom stereocenters. The molecule has 2 aromatic carbocycles. The second kappa shape index (κ2) is 9.08. The number of carbonyl (C=O) groups is 1. The average molecular weight is 458 g/mol. The number of rotatable bonds is 6. The van der Waals surface area contributed by atoms with E-state index in [4.69, 9.17) is 27.9 Å². The molecule has 1 heterocycles. The fourth-order valence-electron chi connectivity index (χ4n) is 3.69. The average Bonchev–Trinajstić information content (AvgIpc) is 3.24. The molecule has 0 radical (unpaired) electrons. The van der Waals surface area contributed by atoms with E-state index in [0.717, 1.165) is 41.5 Å². The minimum Gasteiger partial charge on any atom is -0.488 e. The number of benzene rings is 2. The molecule has 1 aliphatic carbocycles. The summed E-state index contributed by atoms with van der Waals surface area (Å²) in [5.74, 6) is -0.818. The molecule has 0 fully saturated rings. The Balaban J connectivity index is 1.72. The first kappa shape index (κ1) is 21.3. The van der Waals surface area contributed by atoms with E-state index in [2.05, 4.69) is 4.98 Å². The predicted molar refractivity (Wildman–Crippen MR) is 119 cm³/mol. The number of ether oxygens (including phenoxy) is 1. The van der Waals surface area contributed by atoms with E-state index in [1.807, 2.05) is 12.1 Å². The van der Waals surface area contributed by atoms with Crippen molar-refractivity contribution in [3.63, 3.8) is 0 Å². The van der Waals surface area contributed by atoms with E-state index < -0.39 is 5.97 Å². The van der Waals surface area contributed by atoms with Gasteiger partial charge in [0.15, 0.2) is 5.69 Å². The van der Waals surface area contributed by atoms with Crippen LogP contribution in [0.15, 0.2) is 54.6 Å². The van der Waals surface area contributed by atoms with Gasteiger partial charge < -0.3 is 9.84 Å². The number of nitrogens with zero attached hydrogens (tertiary/aromatic N) is 1. The lowest BCUT2D eigenvalue weighted by Gasteiger charge is -2.15. The van der Waals surface area contributed by atoms with Crippen LogP contribution in [0.2, 0.25) is 10.0 Å². The maximum absolute atomic E-state index is 13.2. The van der Waals surface area contributed by atoms with Crippen LogP contribution in [-0.2, 0) is 6.61 Å². The second-order valence-corrected chi connectivity index (χ2v) is 8.04. The Labute approximate surface area is 188 Å². The number of aromatic nitrogens is 1. The van der Waals surface area contributed by atoms with Gasteiger partial charge in [-0.3, -0.25) is 0 Å². The molecular formula is C24H18Cl2FNO3. The number of hydrogen-bond acceptors (Lipinski definition) is 3. The van der Waals surface area contributed by atoms with Crippen LogP contribution in [0.1, 0.15) is 46.6 Å². The SMILES string of the molecule is O=C(O)c1nc(C2=C(c3cc(Cl)ccc3OCc3ccc(F)cc3)CCC2)ccc1Cl. The molecule has 0 spiro atoms. The van der Waals surface area contributed by atoms with Crippen LogP contribution in [0.4, 0.5) is 4.39 Å². The summed E-state index contributed by atoms with van der Waals surface area (Å²) in [5.41, 5.74) is 4.07. The lowest BCUT2D eigenvalue weighted by molar-refractivity contribution is 0.0690. The molecule has 1 N–H and O–H groups in total. The van der Waals surface area contributed by atoms with Gasteiger partial charge in [-0.2, -0.15) is 0 Å². The fraction of sp³-hybridized carbons (Fsp3) is 0.167. The molecule has 0 atom stereocenters. The molecule has 0 aliphatic heterocycles. The smallest absolute Gasteiger partial charge is 0.356 e. The molecule has 31 heavy (non-hydrogen) atoms. The topological polar surface area (TPSA) is 59.4 Å². The molecule has 4 rings (SSSR count). The van der Waals surface area contributed by atoms with E-state index in [1.165, 1.54) is 12.1 Å². The first-order chi connectivity index (χ1) is 14.9. The summed E-state index contributed by atoms with van der Waals surface area (Å²) < 4.78 is 19.2.